The molecule has 1 aliphatic carbocycles. The second-order valence-corrected chi connectivity index (χ2v) is 10.6. The van der Waals surface area contributed by atoms with E-state index in [9.17, 15) is 9.59 Å². The number of hydrogen-bond acceptors (Lipinski definition) is 7. The van der Waals surface area contributed by atoms with Crippen molar-refractivity contribution in [2.24, 2.45) is 0 Å². The Morgan fingerprint density at radius 1 is 1.26 bits per heavy atom. The quantitative estimate of drug-likeness (QED) is 0.485. The average Bonchev–Trinajstić information content (AvgIpc) is 3.10. The lowest BCUT2D eigenvalue weighted by atomic mass is 9.90. The van der Waals surface area contributed by atoms with E-state index in [4.69, 9.17) is 14.5 Å². The minimum absolute atomic E-state index is 0.0133. The Labute approximate surface area is 220 Å². The summed E-state index contributed by atoms with van der Waals surface area (Å²) in [4.78, 5) is 37.8. The van der Waals surface area contributed by atoms with E-state index in [0.717, 1.165) is 47.7 Å². The zero-order valence-corrected chi connectivity index (χ0v) is 21.9. The van der Waals surface area contributed by atoms with Crippen molar-refractivity contribution < 1.29 is 14.3 Å². The molecule has 0 unspecified atom stereocenters. The number of carbonyl (C=O) groups excluding carboxylic acids is 1. The number of methoxy groups -OCH3 is 1. The van der Waals surface area contributed by atoms with Crippen LogP contribution in [0.2, 0.25) is 0 Å². The van der Waals surface area contributed by atoms with Gasteiger partial charge in [-0.1, -0.05) is 0 Å². The number of nitrogens with one attached hydrogen (secondary N) is 1. The minimum Gasteiger partial charge on any atom is -0.382 e. The summed E-state index contributed by atoms with van der Waals surface area (Å²) in [5, 5.41) is 3.52. The lowest BCUT2D eigenvalue weighted by Gasteiger charge is -2.34. The summed E-state index contributed by atoms with van der Waals surface area (Å²) in [6, 6.07) is 7.82. The van der Waals surface area contributed by atoms with Gasteiger partial charge in [-0.3, -0.25) is 19.1 Å². The molecule has 1 fully saturated rings. The fourth-order valence-electron chi connectivity index (χ4n) is 5.31. The maximum atomic E-state index is 13.7. The topological polar surface area (TPSA) is 98.6 Å². The smallest absolute Gasteiger partial charge is 0.261 e. The predicted octanol–water partition coefficient (Wildman–Crippen LogP) is 3.06. The Morgan fingerprint density at radius 2 is 2.11 bits per heavy atom. The molecule has 2 aromatic heterocycles. The number of hydrogen-bond donors (Lipinski definition) is 1. The van der Waals surface area contributed by atoms with Crippen LogP contribution in [-0.4, -0.2) is 60.0 Å². The van der Waals surface area contributed by atoms with E-state index >= 15 is 0 Å². The van der Waals surface area contributed by atoms with Crippen LogP contribution in [-0.2, 0) is 32.6 Å². The highest BCUT2D eigenvalue weighted by molar-refractivity contribution is 6.04. The average molecular weight is 514 g/mol. The van der Waals surface area contributed by atoms with Gasteiger partial charge in [0.05, 0.1) is 47.0 Å². The monoisotopic (exact) mass is 513 g/mol. The standard InChI is InChI=1S/C29H31N5O4/c1-29(2)25-24(32-28(29)36)13-18(15-30-25)9-10-34-26(19-5-4-6-19)31-23-14-20(7-8-22(23)27(34)35)33-11-12-38-21(16-33)17-37-3/h4,7-8,13-15,21H,5,9-12,16-17H2,1-3H3,(H,32,36)/t21-/m1/s1. The number of amides is 1. The lowest BCUT2D eigenvalue weighted by Crippen LogP contribution is -2.44. The molecule has 9 nitrogen and oxygen atoms in total. The van der Waals surface area contributed by atoms with Crippen LogP contribution in [0.1, 0.15) is 37.4 Å². The fraction of sp³-hybridized carbons (Fsp3) is 0.414. The largest absolute Gasteiger partial charge is 0.382 e. The maximum Gasteiger partial charge on any atom is 0.261 e. The SMILES string of the molecule is COC[C@H]1CN(c2ccc3c(=O)n(CCc4cnc5c(c4)NC(=O)C5(C)C)c(C4=C=CC4)nc3c2)CCO1. The van der Waals surface area contributed by atoms with Crippen molar-refractivity contribution in [2.75, 3.05) is 43.6 Å². The summed E-state index contributed by atoms with van der Waals surface area (Å²) in [5.74, 6) is 0.605. The third kappa shape index (κ3) is 4.22. The van der Waals surface area contributed by atoms with E-state index in [-0.39, 0.29) is 17.6 Å². The van der Waals surface area contributed by atoms with Gasteiger partial charge in [0.15, 0.2) is 0 Å². The molecule has 2 aliphatic heterocycles. The highest BCUT2D eigenvalue weighted by Crippen LogP contribution is 2.36. The molecule has 0 bridgehead atoms. The molecule has 1 aromatic carbocycles. The molecular weight excluding hydrogens is 482 g/mol. The molecule has 38 heavy (non-hydrogen) atoms. The number of morpholine rings is 1. The minimum atomic E-state index is -0.645. The number of allylic oxidation sites excluding steroid dienone is 1. The normalized spacial score (nSPS) is 19.8. The zero-order chi connectivity index (χ0) is 26.4. The van der Waals surface area contributed by atoms with Gasteiger partial charge in [0, 0.05) is 50.6 Å². The number of anilines is 2. The van der Waals surface area contributed by atoms with Crippen LogP contribution in [0.3, 0.4) is 0 Å². The lowest BCUT2D eigenvalue weighted by molar-refractivity contribution is -0.119. The van der Waals surface area contributed by atoms with E-state index in [1.165, 1.54) is 0 Å². The van der Waals surface area contributed by atoms with Crippen LogP contribution in [0.15, 0.2) is 47.1 Å². The molecule has 196 valence electrons. The summed E-state index contributed by atoms with van der Waals surface area (Å²) in [6.45, 7) is 6.86. The second-order valence-electron chi connectivity index (χ2n) is 10.6. The molecule has 1 N–H and O–H groups in total. The first-order valence-electron chi connectivity index (χ1n) is 13.0. The third-order valence-corrected chi connectivity index (χ3v) is 7.62. The van der Waals surface area contributed by atoms with Gasteiger partial charge >= 0.3 is 0 Å². The molecule has 3 aromatic rings. The summed E-state index contributed by atoms with van der Waals surface area (Å²) >= 11 is 0. The number of nitrogens with zero attached hydrogens (tertiary/aromatic N) is 4. The molecule has 0 spiro atoms. The Morgan fingerprint density at radius 3 is 2.87 bits per heavy atom. The van der Waals surface area contributed by atoms with Crippen LogP contribution in [0.4, 0.5) is 11.4 Å². The van der Waals surface area contributed by atoms with E-state index in [0.29, 0.717) is 42.9 Å². The van der Waals surface area contributed by atoms with Gasteiger partial charge in [-0.2, -0.15) is 0 Å². The number of ether oxygens (including phenoxy) is 2. The number of aryl methyl sites for hydroxylation is 1. The van der Waals surface area contributed by atoms with Crippen molar-refractivity contribution in [2.45, 2.75) is 44.8 Å². The first-order chi connectivity index (χ1) is 18.3. The number of carbonyl (C=O) groups is 1. The fourth-order valence-corrected chi connectivity index (χ4v) is 5.31. The predicted molar refractivity (Wildman–Crippen MR) is 146 cm³/mol. The van der Waals surface area contributed by atoms with Crippen LogP contribution < -0.4 is 15.8 Å². The molecule has 1 atom stereocenters. The molecule has 1 saturated heterocycles. The van der Waals surface area contributed by atoms with Crippen LogP contribution in [0.25, 0.3) is 16.5 Å². The van der Waals surface area contributed by atoms with Crippen LogP contribution in [0, 0.1) is 0 Å². The van der Waals surface area contributed by atoms with Crippen LogP contribution >= 0.6 is 0 Å². The number of rotatable bonds is 7. The molecular formula is C29H31N5O4. The Balaban J connectivity index is 1.31. The van der Waals surface area contributed by atoms with Gasteiger partial charge in [-0.25, -0.2) is 4.98 Å². The van der Waals surface area contributed by atoms with Gasteiger partial charge in [-0.05, 0) is 56.2 Å². The van der Waals surface area contributed by atoms with Gasteiger partial charge in [0.2, 0.25) is 5.91 Å². The highest BCUT2D eigenvalue weighted by atomic mass is 16.5. The summed E-state index contributed by atoms with van der Waals surface area (Å²) in [5.41, 5.74) is 7.57. The Bertz CT molecular complexity index is 1570. The molecule has 6 rings (SSSR count). The summed E-state index contributed by atoms with van der Waals surface area (Å²) < 4.78 is 12.8. The molecule has 1 amide bonds. The van der Waals surface area contributed by atoms with Crippen molar-refractivity contribution in [3.63, 3.8) is 0 Å². The number of aromatic nitrogens is 3. The summed E-state index contributed by atoms with van der Waals surface area (Å²) in [7, 11) is 1.68. The molecule has 0 radical (unpaired) electrons. The van der Waals surface area contributed by atoms with E-state index in [1.54, 1.807) is 17.9 Å². The second kappa shape index (κ2) is 9.51. The van der Waals surface area contributed by atoms with E-state index < -0.39 is 5.41 Å². The Kier molecular flexibility index (Phi) is 6.14. The van der Waals surface area contributed by atoms with Crippen molar-refractivity contribution >= 4 is 33.8 Å². The van der Waals surface area contributed by atoms with Gasteiger partial charge in [0.1, 0.15) is 5.82 Å². The molecule has 0 saturated carbocycles. The first-order valence-corrected chi connectivity index (χ1v) is 13.0. The van der Waals surface area contributed by atoms with Crippen molar-refractivity contribution in [3.05, 3.63) is 69.7 Å². The van der Waals surface area contributed by atoms with Gasteiger partial charge in [-0.15, -0.1) is 5.73 Å². The Hall–Kier alpha value is -3.78. The van der Waals surface area contributed by atoms with Gasteiger partial charge in [0.25, 0.3) is 5.56 Å². The van der Waals surface area contributed by atoms with Crippen molar-refractivity contribution in [3.8, 4) is 0 Å². The molecule has 3 aliphatic rings. The van der Waals surface area contributed by atoms with E-state index in [2.05, 4.69) is 20.9 Å². The highest BCUT2D eigenvalue weighted by Gasteiger charge is 2.39. The van der Waals surface area contributed by atoms with Crippen LogP contribution in [0.5, 0.6) is 0 Å². The number of benzene rings is 1. The zero-order valence-electron chi connectivity index (χ0n) is 21.9. The summed E-state index contributed by atoms with van der Waals surface area (Å²) in [6.07, 6.45) is 5.08. The van der Waals surface area contributed by atoms with Gasteiger partial charge < -0.3 is 19.7 Å². The van der Waals surface area contributed by atoms with Crippen molar-refractivity contribution in [1.82, 2.24) is 14.5 Å². The first kappa shape index (κ1) is 24.6. The number of fused-ring (bicyclic) bond motifs is 2. The third-order valence-electron chi connectivity index (χ3n) is 7.62. The molecule has 9 heteroatoms. The number of pyridine rings is 1. The van der Waals surface area contributed by atoms with Crippen molar-refractivity contribution in [1.29, 1.82) is 0 Å². The molecule has 4 heterocycles. The maximum absolute atomic E-state index is 13.7. The van der Waals surface area contributed by atoms with E-state index in [1.807, 2.05) is 44.2 Å².